The van der Waals surface area contributed by atoms with Crippen LogP contribution < -0.4 is 4.74 Å². The zero-order chi connectivity index (χ0) is 19.1. The Labute approximate surface area is 165 Å². The molecule has 0 radical (unpaired) electrons. The van der Waals surface area contributed by atoms with Crippen molar-refractivity contribution in [1.82, 2.24) is 0 Å². The highest BCUT2D eigenvalue weighted by Gasteiger charge is 2.00. The molecule has 3 rings (SSSR count). The summed E-state index contributed by atoms with van der Waals surface area (Å²) in [5.41, 5.74) is 2.52. The Morgan fingerprint density at radius 3 is 2.19 bits per heavy atom. The molecular formula is C22H16BrNO3. The molecule has 0 amide bonds. The van der Waals surface area contributed by atoms with E-state index in [0.717, 1.165) is 21.3 Å². The summed E-state index contributed by atoms with van der Waals surface area (Å²) < 4.78 is 6.27. The summed E-state index contributed by atoms with van der Waals surface area (Å²) in [5, 5.41) is 9.26. The van der Waals surface area contributed by atoms with E-state index in [1.165, 1.54) is 6.08 Å². The highest BCUT2D eigenvalue weighted by molar-refractivity contribution is 9.10. The van der Waals surface area contributed by atoms with Gasteiger partial charge in [0, 0.05) is 16.8 Å². The van der Waals surface area contributed by atoms with Crippen LogP contribution in [0.5, 0.6) is 11.5 Å². The number of hydrogen-bond acceptors (Lipinski definition) is 4. The molecule has 0 saturated heterocycles. The molecule has 0 heterocycles. The van der Waals surface area contributed by atoms with Crippen molar-refractivity contribution in [2.24, 2.45) is 4.99 Å². The van der Waals surface area contributed by atoms with Gasteiger partial charge in [0.1, 0.15) is 11.5 Å². The first-order valence-electron chi connectivity index (χ1n) is 8.17. The van der Waals surface area contributed by atoms with Crippen LogP contribution in [0.4, 0.5) is 5.69 Å². The van der Waals surface area contributed by atoms with Gasteiger partial charge in [0.2, 0.25) is 0 Å². The number of carbonyl (C=O) groups excluding carboxylic acids is 1. The van der Waals surface area contributed by atoms with Gasteiger partial charge in [-0.1, -0.05) is 28.1 Å². The fourth-order valence-electron chi connectivity index (χ4n) is 2.20. The monoisotopic (exact) mass is 421 g/mol. The van der Waals surface area contributed by atoms with Crippen LogP contribution >= 0.6 is 15.9 Å². The normalized spacial score (nSPS) is 11.1. The number of carbonyl (C=O) groups is 1. The summed E-state index contributed by atoms with van der Waals surface area (Å²) in [7, 11) is 0. The van der Waals surface area contributed by atoms with Crippen LogP contribution in [0.15, 0.2) is 88.3 Å². The van der Waals surface area contributed by atoms with Gasteiger partial charge in [0.05, 0.1) is 5.69 Å². The molecule has 0 unspecified atom stereocenters. The summed E-state index contributed by atoms with van der Waals surface area (Å²) in [5.74, 6) is 0.222. The zero-order valence-electron chi connectivity index (χ0n) is 14.2. The average Bonchev–Trinajstić information content (AvgIpc) is 2.68. The molecule has 0 aliphatic rings. The maximum atomic E-state index is 11.9. The van der Waals surface area contributed by atoms with Gasteiger partial charge in [0.15, 0.2) is 0 Å². The van der Waals surface area contributed by atoms with E-state index in [1.807, 2.05) is 36.4 Å². The van der Waals surface area contributed by atoms with Crippen molar-refractivity contribution in [2.45, 2.75) is 0 Å². The molecule has 0 fully saturated rings. The van der Waals surface area contributed by atoms with Crippen LogP contribution in [0.3, 0.4) is 0 Å². The van der Waals surface area contributed by atoms with Gasteiger partial charge in [-0.15, -0.1) is 0 Å². The van der Waals surface area contributed by atoms with Crippen molar-refractivity contribution < 1.29 is 14.6 Å². The first kappa shape index (κ1) is 18.6. The van der Waals surface area contributed by atoms with Gasteiger partial charge in [-0.3, -0.25) is 4.99 Å². The Kier molecular flexibility index (Phi) is 6.18. The van der Waals surface area contributed by atoms with Crippen molar-refractivity contribution in [3.05, 3.63) is 94.5 Å². The van der Waals surface area contributed by atoms with E-state index in [4.69, 9.17) is 4.74 Å². The van der Waals surface area contributed by atoms with Gasteiger partial charge in [-0.25, -0.2) is 4.79 Å². The molecular weight excluding hydrogens is 406 g/mol. The Hall–Kier alpha value is -3.18. The van der Waals surface area contributed by atoms with E-state index in [9.17, 15) is 9.90 Å². The van der Waals surface area contributed by atoms with Gasteiger partial charge in [-0.2, -0.15) is 0 Å². The molecule has 0 saturated carbocycles. The molecule has 0 aromatic heterocycles. The predicted molar refractivity (Wildman–Crippen MR) is 111 cm³/mol. The maximum absolute atomic E-state index is 11.9. The van der Waals surface area contributed by atoms with Crippen molar-refractivity contribution in [3.63, 3.8) is 0 Å². The lowest BCUT2D eigenvalue weighted by molar-refractivity contribution is -0.128. The number of aromatic hydroxyl groups is 1. The fourth-order valence-corrected chi connectivity index (χ4v) is 2.46. The molecule has 3 aromatic rings. The molecule has 0 aliphatic heterocycles. The number of rotatable bonds is 5. The highest BCUT2D eigenvalue weighted by atomic mass is 79.9. The van der Waals surface area contributed by atoms with Crippen LogP contribution in [-0.4, -0.2) is 17.3 Å². The van der Waals surface area contributed by atoms with E-state index in [1.54, 1.807) is 48.7 Å². The molecule has 0 aliphatic carbocycles. The molecule has 0 bridgehead atoms. The van der Waals surface area contributed by atoms with Crippen LogP contribution in [0, 0.1) is 0 Å². The second-order valence-corrected chi connectivity index (χ2v) is 6.57. The third-order valence-electron chi connectivity index (χ3n) is 3.59. The van der Waals surface area contributed by atoms with Gasteiger partial charge < -0.3 is 9.84 Å². The lowest BCUT2D eigenvalue weighted by Crippen LogP contribution is -2.03. The number of benzene rings is 3. The smallest absolute Gasteiger partial charge is 0.336 e. The molecule has 1 N–H and O–H groups in total. The lowest BCUT2D eigenvalue weighted by Gasteiger charge is -2.02. The number of phenolic OH excluding ortho intramolecular Hbond substituents is 1. The predicted octanol–water partition coefficient (Wildman–Crippen LogP) is 5.52. The number of esters is 1. The third-order valence-corrected chi connectivity index (χ3v) is 4.12. The van der Waals surface area contributed by atoms with Crippen LogP contribution in [0.2, 0.25) is 0 Å². The minimum absolute atomic E-state index is 0.203. The third kappa shape index (κ3) is 5.94. The van der Waals surface area contributed by atoms with E-state index in [2.05, 4.69) is 20.9 Å². The molecule has 0 spiro atoms. The fraction of sp³-hybridized carbons (Fsp3) is 0. The summed E-state index contributed by atoms with van der Waals surface area (Å²) in [6.07, 6.45) is 4.79. The molecule has 5 heteroatoms. The Bertz CT molecular complexity index is 960. The number of phenols is 1. The maximum Gasteiger partial charge on any atom is 0.336 e. The van der Waals surface area contributed by atoms with E-state index in [0.29, 0.717) is 5.75 Å². The SMILES string of the molecule is O=C(C=Cc1ccc(Br)cc1)Oc1ccc(/C=N/c2ccc(O)cc2)cc1. The zero-order valence-corrected chi connectivity index (χ0v) is 15.8. The van der Waals surface area contributed by atoms with Gasteiger partial charge >= 0.3 is 5.97 Å². The standard InChI is InChI=1S/C22H16BrNO3/c23-18-6-1-16(2-7-18)5-14-22(26)27-21-12-3-17(4-13-21)15-24-19-8-10-20(25)11-9-19/h1-15,25H/b14-5?,24-15+. The lowest BCUT2D eigenvalue weighted by atomic mass is 10.2. The largest absolute Gasteiger partial charge is 0.508 e. The molecule has 134 valence electrons. The number of halogens is 1. The van der Waals surface area contributed by atoms with Crippen molar-refractivity contribution in [1.29, 1.82) is 0 Å². The average molecular weight is 422 g/mol. The first-order valence-corrected chi connectivity index (χ1v) is 8.96. The Balaban J connectivity index is 1.57. The molecule has 27 heavy (non-hydrogen) atoms. The first-order chi connectivity index (χ1) is 13.1. The summed E-state index contributed by atoms with van der Waals surface area (Å²) in [4.78, 5) is 16.2. The highest BCUT2D eigenvalue weighted by Crippen LogP contribution is 2.17. The van der Waals surface area contributed by atoms with Crippen molar-refractivity contribution in [3.8, 4) is 11.5 Å². The van der Waals surface area contributed by atoms with Gasteiger partial charge in [0.25, 0.3) is 0 Å². The number of ether oxygens (including phenoxy) is 1. The second kappa shape index (κ2) is 8.96. The molecule has 3 aromatic carbocycles. The van der Waals surface area contributed by atoms with Crippen molar-refractivity contribution >= 4 is 39.9 Å². The number of hydrogen-bond donors (Lipinski definition) is 1. The van der Waals surface area contributed by atoms with Crippen molar-refractivity contribution in [2.75, 3.05) is 0 Å². The van der Waals surface area contributed by atoms with Gasteiger partial charge in [-0.05, 0) is 77.9 Å². The van der Waals surface area contributed by atoms with Crippen LogP contribution in [0.1, 0.15) is 11.1 Å². The summed E-state index contributed by atoms with van der Waals surface area (Å²) in [6.45, 7) is 0. The number of aliphatic imine (C=N–C) groups is 1. The summed E-state index contributed by atoms with van der Waals surface area (Å²) in [6, 6.07) is 21.3. The van der Waals surface area contributed by atoms with Crippen LogP contribution in [-0.2, 0) is 4.79 Å². The quantitative estimate of drug-likeness (QED) is 0.255. The van der Waals surface area contributed by atoms with E-state index >= 15 is 0 Å². The molecule has 0 atom stereocenters. The topological polar surface area (TPSA) is 58.9 Å². The van der Waals surface area contributed by atoms with E-state index < -0.39 is 5.97 Å². The Morgan fingerprint density at radius 1 is 0.889 bits per heavy atom. The Morgan fingerprint density at radius 2 is 1.52 bits per heavy atom. The summed E-state index contributed by atoms with van der Waals surface area (Å²) >= 11 is 3.37. The number of nitrogens with zero attached hydrogens (tertiary/aromatic N) is 1. The minimum Gasteiger partial charge on any atom is -0.508 e. The van der Waals surface area contributed by atoms with Crippen LogP contribution in [0.25, 0.3) is 6.08 Å². The molecule has 4 nitrogen and oxygen atoms in total. The van der Waals surface area contributed by atoms with E-state index in [-0.39, 0.29) is 5.75 Å². The minimum atomic E-state index is -0.441. The second-order valence-electron chi connectivity index (χ2n) is 5.65.